The predicted molar refractivity (Wildman–Crippen MR) is 503 cm³/mol. The van der Waals surface area contributed by atoms with E-state index in [0.29, 0.717) is 17.5 Å². The van der Waals surface area contributed by atoms with Gasteiger partial charge in [-0.2, -0.15) is 0 Å². The van der Waals surface area contributed by atoms with E-state index in [1.165, 1.54) is 106 Å². The van der Waals surface area contributed by atoms with E-state index < -0.39 is 0 Å². The van der Waals surface area contributed by atoms with E-state index in [4.69, 9.17) is 34.9 Å². The van der Waals surface area contributed by atoms with Gasteiger partial charge >= 0.3 is 0 Å². The van der Waals surface area contributed by atoms with Crippen LogP contribution in [-0.4, -0.2) is 48.6 Å². The molecule has 24 rings (SSSR count). The summed E-state index contributed by atoms with van der Waals surface area (Å²) in [7, 11) is 0. The number of fused-ring (bicyclic) bond motifs is 15. The van der Waals surface area contributed by atoms with Gasteiger partial charge in [-0.15, -0.1) is 22.7 Å². The maximum Gasteiger partial charge on any atom is 0.161 e. The summed E-state index contributed by atoms with van der Waals surface area (Å²) < 4.78 is 12.0. The Balaban J connectivity index is 0.000000141. The van der Waals surface area contributed by atoms with Crippen LogP contribution in [0.1, 0.15) is 0 Å². The molecule has 0 unspecified atom stereocenters. The summed E-state index contributed by atoms with van der Waals surface area (Å²) in [6, 6.07) is 138. The fourth-order valence-corrected chi connectivity index (χ4v) is 19.9. The normalized spacial score (nSPS) is 11.6. The van der Waals surface area contributed by atoms with Crippen molar-refractivity contribution < 1.29 is 0 Å². The summed E-state index contributed by atoms with van der Waals surface area (Å²) in [5, 5.41) is 9.72. The lowest BCUT2D eigenvalue weighted by atomic mass is 9.97. The first-order chi connectivity index (χ1) is 60.0. The first kappa shape index (κ1) is 70.7. The van der Waals surface area contributed by atoms with E-state index in [2.05, 4.69) is 347 Å². The van der Waals surface area contributed by atoms with Crippen molar-refractivity contribution in [1.82, 2.24) is 48.6 Å². The van der Waals surface area contributed by atoms with Gasteiger partial charge in [0.1, 0.15) is 5.82 Å². The molecule has 0 aliphatic rings. The Morgan fingerprint density at radius 2 is 0.554 bits per heavy atom. The van der Waals surface area contributed by atoms with Crippen LogP contribution < -0.4 is 0 Å². The number of aromatic nitrogens is 10. The standard InChI is InChI=1S/C56H35N5S.C53H33N5S/c1-5-14-36(15-6-1)41-24-28-49-44(32-41)53-52-45-33-42(37-16-7-2-8-17-37)25-29-50(45)62-51(52)34-46(56-57-30-13-31-58-56)54(53)61(49)43-26-22-39(23-27-43)48-35-47(38-18-9-3-10-19-38)59-55(60-48)40-20-11-4-12-21-40;1-4-13-34(14-5-1)37-23-27-45-41(31-37)50-49-42-32-38(35-15-6-2-7-16-35)24-28-47(42)59-48(49)33-43(52-54-29-12-30-55-52)51(50)57(45)40-25-21-36(22-26-40)53-56-44-19-10-11-20-46(44)58(53)39-17-8-3-9-18-39/h1-35H;1-33H. The monoisotopic (exact) mass is 1580 g/mol. The summed E-state index contributed by atoms with van der Waals surface area (Å²) in [4.78, 5) is 34.8. The Morgan fingerprint density at radius 1 is 0.207 bits per heavy atom. The molecule has 0 fully saturated rings. The lowest BCUT2D eigenvalue weighted by Crippen LogP contribution is -1.99. The molecule has 8 aromatic heterocycles. The Kier molecular flexibility index (Phi) is 17.4. The molecule has 0 amide bonds. The average molecular weight is 1580 g/mol. The van der Waals surface area contributed by atoms with Gasteiger partial charge < -0.3 is 9.13 Å². The maximum atomic E-state index is 5.17. The number of imidazole rings is 1. The van der Waals surface area contributed by atoms with Crippen molar-refractivity contribution in [1.29, 1.82) is 0 Å². The average Bonchev–Trinajstić information content (AvgIpc) is 1.55. The van der Waals surface area contributed by atoms with E-state index in [1.807, 2.05) is 102 Å². The predicted octanol–water partition coefficient (Wildman–Crippen LogP) is 28.7. The third-order valence-corrected chi connectivity index (χ3v) is 25.4. The highest BCUT2D eigenvalue weighted by molar-refractivity contribution is 7.26. The lowest BCUT2D eigenvalue weighted by Gasteiger charge is -2.13. The van der Waals surface area contributed by atoms with Gasteiger partial charge in [0.05, 0.1) is 44.5 Å². The maximum absolute atomic E-state index is 5.17. The summed E-state index contributed by atoms with van der Waals surface area (Å²) >= 11 is 3.66. The molecular formula is C109H68N10S2. The molecule has 0 radical (unpaired) electrons. The highest BCUT2D eigenvalue weighted by Gasteiger charge is 2.28. The third kappa shape index (κ3) is 12.5. The molecule has 566 valence electrons. The van der Waals surface area contributed by atoms with Crippen molar-refractivity contribution in [2.75, 3.05) is 0 Å². The van der Waals surface area contributed by atoms with Crippen molar-refractivity contribution >= 4 is 118 Å². The number of benzene rings is 16. The van der Waals surface area contributed by atoms with E-state index in [1.54, 1.807) is 0 Å². The number of para-hydroxylation sites is 3. The minimum Gasteiger partial charge on any atom is -0.308 e. The second kappa shape index (κ2) is 29.8. The molecule has 16 aromatic carbocycles. The van der Waals surface area contributed by atoms with Crippen LogP contribution in [0.4, 0.5) is 0 Å². The molecule has 0 spiro atoms. The Morgan fingerprint density at radius 3 is 0.992 bits per heavy atom. The zero-order chi connectivity index (χ0) is 79.9. The number of hydrogen-bond acceptors (Lipinski definition) is 9. The molecule has 8 heterocycles. The van der Waals surface area contributed by atoms with E-state index in [9.17, 15) is 0 Å². The minimum atomic E-state index is 0.689. The zero-order valence-electron chi connectivity index (χ0n) is 65.0. The van der Waals surface area contributed by atoms with E-state index in [0.717, 1.165) is 101 Å². The van der Waals surface area contributed by atoms with Gasteiger partial charge in [0, 0.05) is 137 Å². The Hall–Kier alpha value is -15.7. The highest BCUT2D eigenvalue weighted by atomic mass is 32.1. The van der Waals surface area contributed by atoms with Crippen LogP contribution in [0, 0.1) is 0 Å². The van der Waals surface area contributed by atoms with Crippen molar-refractivity contribution in [3.8, 4) is 130 Å². The zero-order valence-corrected chi connectivity index (χ0v) is 66.7. The molecule has 0 aliphatic heterocycles. The molecule has 0 bridgehead atoms. The van der Waals surface area contributed by atoms with Crippen LogP contribution in [-0.2, 0) is 0 Å². The van der Waals surface area contributed by atoms with Gasteiger partial charge in [0.15, 0.2) is 17.5 Å². The van der Waals surface area contributed by atoms with Crippen molar-refractivity contribution in [2.24, 2.45) is 0 Å². The van der Waals surface area contributed by atoms with Gasteiger partial charge in [0.2, 0.25) is 0 Å². The van der Waals surface area contributed by atoms with Crippen LogP contribution in [0.5, 0.6) is 0 Å². The molecular weight excluding hydrogens is 1510 g/mol. The highest BCUT2D eigenvalue weighted by Crippen LogP contribution is 2.52. The van der Waals surface area contributed by atoms with Crippen molar-refractivity contribution in [2.45, 2.75) is 0 Å². The fourth-order valence-electron chi connectivity index (χ4n) is 17.6. The second-order valence-electron chi connectivity index (χ2n) is 30.3. The molecule has 24 aromatic rings. The molecule has 0 aliphatic carbocycles. The molecule has 0 saturated carbocycles. The lowest BCUT2D eigenvalue weighted by molar-refractivity contribution is 1.10. The second-order valence-corrected chi connectivity index (χ2v) is 32.5. The van der Waals surface area contributed by atoms with E-state index in [-0.39, 0.29) is 0 Å². The van der Waals surface area contributed by atoms with Crippen LogP contribution in [0.25, 0.3) is 225 Å². The summed E-state index contributed by atoms with van der Waals surface area (Å²) in [5.74, 6) is 2.98. The first-order valence-corrected chi connectivity index (χ1v) is 42.1. The number of rotatable bonds is 13. The van der Waals surface area contributed by atoms with Crippen LogP contribution in [0.3, 0.4) is 0 Å². The van der Waals surface area contributed by atoms with Crippen molar-refractivity contribution in [3.63, 3.8) is 0 Å². The number of thiophene rings is 2. The molecule has 10 nitrogen and oxygen atoms in total. The third-order valence-electron chi connectivity index (χ3n) is 23.2. The van der Waals surface area contributed by atoms with Gasteiger partial charge in [-0.3, -0.25) is 4.57 Å². The van der Waals surface area contributed by atoms with Gasteiger partial charge in [-0.05, 0) is 184 Å². The Labute approximate surface area is 703 Å². The number of nitrogens with zero attached hydrogens (tertiary/aromatic N) is 10. The van der Waals surface area contributed by atoms with Gasteiger partial charge in [0.25, 0.3) is 0 Å². The molecule has 0 atom stereocenters. The van der Waals surface area contributed by atoms with Crippen LogP contribution in [0.2, 0.25) is 0 Å². The van der Waals surface area contributed by atoms with Gasteiger partial charge in [-0.25, -0.2) is 34.9 Å². The summed E-state index contributed by atoms with van der Waals surface area (Å²) in [6.45, 7) is 0. The molecule has 0 N–H and O–H groups in total. The topological polar surface area (TPSA) is 105 Å². The largest absolute Gasteiger partial charge is 0.308 e. The molecule has 0 saturated heterocycles. The SMILES string of the molecule is c1ccc(-c2ccc3sc4cc(-c5ncccn5)c5c(c6cc(-c7ccccc7)ccc6n5-c5ccc(-c6cc(-c7ccccc7)nc(-c7ccccc7)n6)cc5)c4c3c2)cc1.c1ccc(-c2ccc3sc4cc(-c5ncccn5)c5c(c6cc(-c7ccccc7)ccc6n5-c5ccc(-c6nc7ccccc7n6-c6ccccc6)cc5)c4c3c2)cc1. The van der Waals surface area contributed by atoms with E-state index >= 15 is 0 Å². The quantitative estimate of drug-likeness (QED) is 0.113. The van der Waals surface area contributed by atoms with Crippen molar-refractivity contribution in [3.05, 3.63) is 413 Å². The summed E-state index contributed by atoms with van der Waals surface area (Å²) in [6.07, 6.45) is 7.34. The molecule has 12 heteroatoms. The van der Waals surface area contributed by atoms with Gasteiger partial charge in [-0.1, -0.05) is 249 Å². The molecule has 121 heavy (non-hydrogen) atoms. The Bertz CT molecular complexity index is 8000. The fraction of sp³-hybridized carbons (Fsp3) is 0. The summed E-state index contributed by atoms with van der Waals surface area (Å²) in [5.41, 5.74) is 26.8. The minimum absolute atomic E-state index is 0.689. The first-order valence-electron chi connectivity index (χ1n) is 40.5. The smallest absolute Gasteiger partial charge is 0.161 e. The van der Waals surface area contributed by atoms with Crippen LogP contribution in [0.15, 0.2) is 413 Å². The number of hydrogen-bond donors (Lipinski definition) is 0. The van der Waals surface area contributed by atoms with Crippen LogP contribution >= 0.6 is 22.7 Å².